The molecule has 0 bridgehead atoms. The molecule has 106 valence electrons. The maximum atomic E-state index is 5.71. The Kier molecular flexibility index (Phi) is 3.88. The molecule has 3 N–H and O–H groups in total. The molecule has 0 saturated heterocycles. The van der Waals surface area contributed by atoms with Gasteiger partial charge >= 0.3 is 0 Å². The summed E-state index contributed by atoms with van der Waals surface area (Å²) in [5.74, 6) is 0. The fourth-order valence-electron chi connectivity index (χ4n) is 2.18. The van der Waals surface area contributed by atoms with Crippen LogP contribution < -0.4 is 11.1 Å². The topological polar surface area (TPSA) is 50.9 Å². The molecule has 1 aromatic heterocycles. The van der Waals surface area contributed by atoms with Gasteiger partial charge in [-0.05, 0) is 30.2 Å². The van der Waals surface area contributed by atoms with Crippen LogP contribution in [-0.4, -0.2) is 4.98 Å². The summed E-state index contributed by atoms with van der Waals surface area (Å²) in [6.45, 7) is 2.15. The van der Waals surface area contributed by atoms with Gasteiger partial charge in [-0.2, -0.15) is 0 Å². The van der Waals surface area contributed by atoms with Crippen LogP contribution in [0, 0.1) is 0 Å². The van der Waals surface area contributed by atoms with E-state index in [0.717, 1.165) is 34.2 Å². The van der Waals surface area contributed by atoms with E-state index >= 15 is 0 Å². The van der Waals surface area contributed by atoms with Gasteiger partial charge in [-0.15, -0.1) is 11.3 Å². The van der Waals surface area contributed by atoms with Crippen molar-refractivity contribution in [1.82, 2.24) is 4.98 Å². The molecule has 0 aliphatic heterocycles. The Bertz CT molecular complexity index is 732. The Morgan fingerprint density at radius 3 is 2.62 bits per heavy atom. The van der Waals surface area contributed by atoms with Gasteiger partial charge in [0.1, 0.15) is 0 Å². The lowest BCUT2D eigenvalue weighted by atomic mass is 10.1. The van der Waals surface area contributed by atoms with Crippen molar-refractivity contribution in [1.29, 1.82) is 0 Å². The van der Waals surface area contributed by atoms with Gasteiger partial charge in [0.15, 0.2) is 5.13 Å². The standard InChI is InChI=1S/C17H17N3S/c1-2-12-5-3-4-6-15(12)19-17-20-16(11-21-17)13-7-9-14(18)10-8-13/h3-11H,2,18H2,1H3,(H,19,20). The fourth-order valence-corrected chi connectivity index (χ4v) is 2.92. The number of nitrogens with two attached hydrogens (primary N) is 1. The number of hydrogen-bond acceptors (Lipinski definition) is 4. The lowest BCUT2D eigenvalue weighted by Crippen LogP contribution is -1.94. The van der Waals surface area contributed by atoms with E-state index in [1.807, 2.05) is 30.3 Å². The summed E-state index contributed by atoms with van der Waals surface area (Å²) in [6.07, 6.45) is 0.999. The van der Waals surface area contributed by atoms with Gasteiger partial charge in [-0.1, -0.05) is 37.3 Å². The van der Waals surface area contributed by atoms with E-state index in [0.29, 0.717) is 0 Å². The number of thiazole rings is 1. The molecule has 0 radical (unpaired) electrons. The third kappa shape index (κ3) is 3.06. The Labute approximate surface area is 128 Å². The third-order valence-electron chi connectivity index (χ3n) is 3.35. The fraction of sp³-hybridized carbons (Fsp3) is 0.118. The van der Waals surface area contributed by atoms with Crippen LogP contribution in [0.5, 0.6) is 0 Å². The van der Waals surface area contributed by atoms with E-state index in [1.54, 1.807) is 11.3 Å². The van der Waals surface area contributed by atoms with Crippen LogP contribution in [0.2, 0.25) is 0 Å². The predicted molar refractivity (Wildman–Crippen MR) is 91.1 cm³/mol. The zero-order valence-electron chi connectivity index (χ0n) is 11.8. The molecular weight excluding hydrogens is 278 g/mol. The number of anilines is 3. The molecule has 3 aromatic rings. The van der Waals surface area contributed by atoms with Crippen LogP contribution in [0.15, 0.2) is 53.9 Å². The first-order valence-electron chi connectivity index (χ1n) is 6.92. The van der Waals surface area contributed by atoms with Crippen molar-refractivity contribution in [2.24, 2.45) is 0 Å². The van der Waals surface area contributed by atoms with Crippen LogP contribution in [0.3, 0.4) is 0 Å². The Balaban J connectivity index is 1.83. The van der Waals surface area contributed by atoms with E-state index in [-0.39, 0.29) is 0 Å². The number of aryl methyl sites for hydroxylation is 1. The molecule has 0 aliphatic rings. The van der Waals surface area contributed by atoms with Crippen LogP contribution >= 0.6 is 11.3 Å². The zero-order chi connectivity index (χ0) is 14.7. The minimum atomic E-state index is 0.768. The molecular formula is C17H17N3S. The summed E-state index contributed by atoms with van der Waals surface area (Å²) < 4.78 is 0. The smallest absolute Gasteiger partial charge is 0.187 e. The number of rotatable bonds is 4. The van der Waals surface area contributed by atoms with Crippen LogP contribution in [-0.2, 0) is 6.42 Å². The number of nitrogens with one attached hydrogen (secondary N) is 1. The summed E-state index contributed by atoms with van der Waals surface area (Å²) >= 11 is 1.61. The third-order valence-corrected chi connectivity index (χ3v) is 4.11. The quantitative estimate of drug-likeness (QED) is 0.686. The number of para-hydroxylation sites is 1. The van der Waals surface area contributed by atoms with Gasteiger partial charge in [0, 0.05) is 22.3 Å². The zero-order valence-corrected chi connectivity index (χ0v) is 12.7. The van der Waals surface area contributed by atoms with E-state index in [9.17, 15) is 0 Å². The van der Waals surface area contributed by atoms with E-state index < -0.39 is 0 Å². The average molecular weight is 295 g/mol. The largest absolute Gasteiger partial charge is 0.399 e. The molecule has 0 aliphatic carbocycles. The lowest BCUT2D eigenvalue weighted by molar-refractivity contribution is 1.14. The van der Waals surface area contributed by atoms with Crippen molar-refractivity contribution in [3.8, 4) is 11.3 Å². The monoisotopic (exact) mass is 295 g/mol. The maximum absolute atomic E-state index is 5.71. The van der Waals surface area contributed by atoms with Gasteiger partial charge in [0.2, 0.25) is 0 Å². The molecule has 0 spiro atoms. The van der Waals surface area contributed by atoms with Gasteiger partial charge in [-0.3, -0.25) is 0 Å². The first-order valence-corrected chi connectivity index (χ1v) is 7.80. The van der Waals surface area contributed by atoms with Crippen molar-refractivity contribution >= 4 is 27.8 Å². The van der Waals surface area contributed by atoms with Crippen LogP contribution in [0.25, 0.3) is 11.3 Å². The van der Waals surface area contributed by atoms with Gasteiger partial charge in [0.25, 0.3) is 0 Å². The summed E-state index contributed by atoms with van der Waals surface area (Å²) in [4.78, 5) is 4.65. The molecule has 0 saturated carbocycles. The molecule has 0 amide bonds. The molecule has 1 heterocycles. The van der Waals surface area contributed by atoms with Gasteiger partial charge in [0.05, 0.1) is 5.69 Å². The Hall–Kier alpha value is -2.33. The van der Waals surface area contributed by atoms with Crippen molar-refractivity contribution in [2.75, 3.05) is 11.1 Å². The second kappa shape index (κ2) is 5.97. The first-order chi connectivity index (χ1) is 10.3. The second-order valence-corrected chi connectivity index (χ2v) is 5.65. The molecule has 0 unspecified atom stereocenters. The van der Waals surface area contributed by atoms with Crippen molar-refractivity contribution in [3.05, 3.63) is 59.5 Å². The van der Waals surface area contributed by atoms with E-state index in [4.69, 9.17) is 5.73 Å². The SMILES string of the molecule is CCc1ccccc1Nc1nc(-c2ccc(N)cc2)cs1. The molecule has 3 rings (SSSR count). The van der Waals surface area contributed by atoms with Crippen molar-refractivity contribution in [3.63, 3.8) is 0 Å². The van der Waals surface area contributed by atoms with E-state index in [2.05, 4.69) is 40.8 Å². The number of hydrogen-bond donors (Lipinski definition) is 2. The normalized spacial score (nSPS) is 10.5. The van der Waals surface area contributed by atoms with Gasteiger partial charge < -0.3 is 11.1 Å². The summed E-state index contributed by atoms with van der Waals surface area (Å²) in [6, 6.07) is 16.1. The molecule has 21 heavy (non-hydrogen) atoms. The maximum Gasteiger partial charge on any atom is 0.187 e. The summed E-state index contributed by atoms with van der Waals surface area (Å²) in [5.41, 5.74) is 10.9. The number of nitrogens with zero attached hydrogens (tertiary/aromatic N) is 1. The van der Waals surface area contributed by atoms with Crippen molar-refractivity contribution in [2.45, 2.75) is 13.3 Å². The lowest BCUT2D eigenvalue weighted by Gasteiger charge is -2.07. The second-order valence-electron chi connectivity index (χ2n) is 4.80. The predicted octanol–water partition coefficient (Wildman–Crippen LogP) is 4.70. The molecule has 3 nitrogen and oxygen atoms in total. The first kappa shape index (κ1) is 13.6. The van der Waals surface area contributed by atoms with Crippen molar-refractivity contribution < 1.29 is 0 Å². The Morgan fingerprint density at radius 2 is 1.86 bits per heavy atom. The van der Waals surface area contributed by atoms with Gasteiger partial charge in [-0.25, -0.2) is 4.98 Å². The average Bonchev–Trinajstić information content (AvgIpc) is 2.97. The Morgan fingerprint density at radius 1 is 1.10 bits per heavy atom. The molecule has 4 heteroatoms. The molecule has 0 fully saturated rings. The highest BCUT2D eigenvalue weighted by molar-refractivity contribution is 7.14. The minimum absolute atomic E-state index is 0.768. The number of benzene rings is 2. The van der Waals surface area contributed by atoms with Crippen LogP contribution in [0.4, 0.5) is 16.5 Å². The highest BCUT2D eigenvalue weighted by atomic mass is 32.1. The minimum Gasteiger partial charge on any atom is -0.399 e. The summed E-state index contributed by atoms with van der Waals surface area (Å²) in [7, 11) is 0. The number of nitrogen functional groups attached to an aromatic ring is 1. The van der Waals surface area contributed by atoms with Crippen LogP contribution in [0.1, 0.15) is 12.5 Å². The molecule has 2 aromatic carbocycles. The molecule has 0 atom stereocenters. The van der Waals surface area contributed by atoms with E-state index in [1.165, 1.54) is 5.56 Å². The summed E-state index contributed by atoms with van der Waals surface area (Å²) in [5, 5.41) is 6.37. The highest BCUT2D eigenvalue weighted by Gasteiger charge is 2.06. The number of aromatic nitrogens is 1. The highest BCUT2D eigenvalue weighted by Crippen LogP contribution is 2.28.